The monoisotopic (exact) mass is 422 g/mol. The fourth-order valence-electron chi connectivity index (χ4n) is 3.60. The van der Waals surface area contributed by atoms with Crippen molar-refractivity contribution in [1.29, 1.82) is 0 Å². The van der Waals surface area contributed by atoms with Gasteiger partial charge in [0.1, 0.15) is 11.9 Å². The van der Waals surface area contributed by atoms with Crippen molar-refractivity contribution in [2.24, 2.45) is 0 Å². The molecule has 2 amide bonds. The Morgan fingerprint density at radius 3 is 3.08 bits per heavy atom. The topological polar surface area (TPSA) is 70.2 Å². The lowest BCUT2D eigenvalue weighted by Gasteiger charge is -2.33. The lowest BCUT2D eigenvalue weighted by molar-refractivity contribution is 0.106. The number of nitrogens with zero attached hydrogens (tertiary/aromatic N) is 2. The third-order valence-electron chi connectivity index (χ3n) is 5.01. The van der Waals surface area contributed by atoms with Crippen LogP contribution in [0.4, 0.5) is 14.9 Å². The Kier molecular flexibility index (Phi) is 4.71. The van der Waals surface area contributed by atoms with Crippen LogP contribution in [0, 0.1) is 5.82 Å². The maximum absolute atomic E-state index is 13.4. The van der Waals surface area contributed by atoms with Gasteiger partial charge in [-0.3, -0.25) is 5.10 Å². The maximum Gasteiger partial charge on any atom is 0.322 e. The van der Waals surface area contributed by atoms with E-state index in [0.29, 0.717) is 16.7 Å². The molecule has 0 aliphatic carbocycles. The molecule has 2 aliphatic heterocycles. The van der Waals surface area contributed by atoms with E-state index >= 15 is 0 Å². The van der Waals surface area contributed by atoms with E-state index in [9.17, 15) is 9.18 Å². The first kappa shape index (κ1) is 17.5. The van der Waals surface area contributed by atoms with Gasteiger partial charge in [0.15, 0.2) is 0 Å². The second kappa shape index (κ2) is 7.00. The van der Waals surface area contributed by atoms with E-state index in [0.717, 1.165) is 42.8 Å². The third kappa shape index (κ3) is 3.23. The second-order valence-electron chi connectivity index (χ2n) is 6.81. The Hall–Kier alpha value is -1.93. The van der Waals surface area contributed by atoms with Crippen molar-refractivity contribution in [3.8, 4) is 0 Å². The van der Waals surface area contributed by atoms with Crippen LogP contribution >= 0.6 is 15.9 Å². The van der Waals surface area contributed by atoms with E-state index in [2.05, 4.69) is 31.4 Å². The number of fused-ring (bicyclic) bond motifs is 1. The van der Waals surface area contributed by atoms with Crippen molar-refractivity contribution in [3.05, 3.63) is 45.4 Å². The number of aromatic nitrogens is 2. The number of rotatable bonds is 2. The van der Waals surface area contributed by atoms with Crippen LogP contribution in [-0.4, -0.2) is 33.8 Å². The summed E-state index contributed by atoms with van der Waals surface area (Å²) >= 11 is 3.14. The molecule has 138 valence electrons. The third-order valence-corrected chi connectivity index (χ3v) is 5.62. The molecule has 0 spiro atoms. The summed E-state index contributed by atoms with van der Waals surface area (Å²) in [6.07, 6.45) is 2.73. The molecule has 2 N–H and O–H groups in total. The van der Waals surface area contributed by atoms with Crippen molar-refractivity contribution >= 4 is 27.6 Å². The summed E-state index contributed by atoms with van der Waals surface area (Å²) in [5.41, 5.74) is 3.61. The summed E-state index contributed by atoms with van der Waals surface area (Å²) in [4.78, 5) is 14.6. The van der Waals surface area contributed by atoms with Crippen molar-refractivity contribution in [3.63, 3.8) is 0 Å². The van der Waals surface area contributed by atoms with Gasteiger partial charge in [-0.15, -0.1) is 0 Å². The van der Waals surface area contributed by atoms with E-state index in [-0.39, 0.29) is 24.0 Å². The van der Waals surface area contributed by atoms with Crippen LogP contribution in [-0.2, 0) is 17.7 Å². The largest absolute Gasteiger partial charge is 0.372 e. The first-order chi connectivity index (χ1) is 12.5. The molecular formula is C18H20BrFN4O2. The molecule has 2 aliphatic rings. The molecule has 1 aromatic heterocycles. The number of nitrogens with one attached hydrogen (secondary N) is 2. The summed E-state index contributed by atoms with van der Waals surface area (Å²) in [5.74, 6) is -0.362. The van der Waals surface area contributed by atoms with Gasteiger partial charge in [-0.1, -0.05) is 0 Å². The van der Waals surface area contributed by atoms with Crippen LogP contribution in [0.15, 0.2) is 22.7 Å². The highest BCUT2D eigenvalue weighted by Gasteiger charge is 2.33. The second-order valence-corrected chi connectivity index (χ2v) is 7.66. The average Bonchev–Trinajstić information content (AvgIpc) is 3.26. The molecule has 0 saturated carbocycles. The number of carbonyl (C=O) groups excluding carboxylic acids is 1. The summed E-state index contributed by atoms with van der Waals surface area (Å²) in [5, 5.41) is 10.4. The summed E-state index contributed by atoms with van der Waals surface area (Å²) < 4.78 is 19.5. The van der Waals surface area contributed by atoms with E-state index in [1.54, 1.807) is 17.0 Å². The highest BCUT2D eigenvalue weighted by Crippen LogP contribution is 2.34. The number of halogens is 2. The standard InChI is InChI=1S/C18H20BrFN4O2/c1-10-7-15-12(17(23-22-15)16-3-2-6-26-16)9-24(10)18(25)21-11-4-5-14(20)13(19)8-11/h4-5,8,10,16H,2-3,6-7,9H2,1H3,(H,21,25)(H,22,23)/t10-,16?/m0/s1. The first-order valence-corrected chi connectivity index (χ1v) is 9.52. The van der Waals surface area contributed by atoms with Gasteiger partial charge in [-0.05, 0) is 53.9 Å². The molecule has 2 aromatic rings. The van der Waals surface area contributed by atoms with Crippen molar-refractivity contribution < 1.29 is 13.9 Å². The molecule has 3 heterocycles. The zero-order valence-corrected chi connectivity index (χ0v) is 16.0. The van der Waals surface area contributed by atoms with Crippen LogP contribution in [0.5, 0.6) is 0 Å². The van der Waals surface area contributed by atoms with Gasteiger partial charge >= 0.3 is 6.03 Å². The molecule has 26 heavy (non-hydrogen) atoms. The molecule has 2 atom stereocenters. The Labute approximate surface area is 159 Å². The molecule has 1 fully saturated rings. The normalized spacial score (nSPS) is 22.3. The smallest absolute Gasteiger partial charge is 0.322 e. The van der Waals surface area contributed by atoms with Crippen LogP contribution < -0.4 is 5.32 Å². The lowest BCUT2D eigenvalue weighted by atomic mass is 9.97. The number of amides is 2. The van der Waals surface area contributed by atoms with E-state index in [1.165, 1.54) is 6.07 Å². The van der Waals surface area contributed by atoms with Gasteiger partial charge in [0.25, 0.3) is 0 Å². The number of ether oxygens (including phenoxy) is 1. The molecule has 0 bridgehead atoms. The zero-order chi connectivity index (χ0) is 18.3. The van der Waals surface area contributed by atoms with Crippen LogP contribution in [0.1, 0.15) is 42.8 Å². The Morgan fingerprint density at radius 2 is 2.35 bits per heavy atom. The fraction of sp³-hybridized carbons (Fsp3) is 0.444. The minimum Gasteiger partial charge on any atom is -0.372 e. The number of carbonyl (C=O) groups is 1. The van der Waals surface area contributed by atoms with Crippen LogP contribution in [0.2, 0.25) is 0 Å². The zero-order valence-electron chi connectivity index (χ0n) is 14.4. The minimum atomic E-state index is -0.362. The number of aromatic amines is 1. The number of urea groups is 1. The number of anilines is 1. The number of H-pyrrole nitrogens is 1. The quantitative estimate of drug-likeness (QED) is 0.763. The van der Waals surface area contributed by atoms with Gasteiger partial charge in [0.2, 0.25) is 0 Å². The molecule has 4 rings (SSSR count). The Bertz CT molecular complexity index is 835. The molecule has 0 radical (unpaired) electrons. The highest BCUT2D eigenvalue weighted by molar-refractivity contribution is 9.10. The molecule has 1 aromatic carbocycles. The van der Waals surface area contributed by atoms with Gasteiger partial charge in [-0.25, -0.2) is 9.18 Å². The van der Waals surface area contributed by atoms with Crippen LogP contribution in [0.3, 0.4) is 0 Å². The maximum atomic E-state index is 13.4. The van der Waals surface area contributed by atoms with Crippen LogP contribution in [0.25, 0.3) is 0 Å². The molecule has 6 nitrogen and oxygen atoms in total. The lowest BCUT2D eigenvalue weighted by Crippen LogP contribution is -2.45. The molecule has 1 unspecified atom stereocenters. The fourth-order valence-corrected chi connectivity index (χ4v) is 3.97. The summed E-state index contributed by atoms with van der Waals surface area (Å²) in [6.45, 7) is 3.25. The van der Waals surface area contributed by atoms with Gasteiger partial charge < -0.3 is 15.0 Å². The van der Waals surface area contributed by atoms with Crippen molar-refractivity contribution in [2.75, 3.05) is 11.9 Å². The molecule has 1 saturated heterocycles. The summed E-state index contributed by atoms with van der Waals surface area (Å²) in [6, 6.07) is 4.25. The van der Waals surface area contributed by atoms with E-state index < -0.39 is 0 Å². The number of hydrogen-bond acceptors (Lipinski definition) is 3. The molecule has 8 heteroatoms. The number of hydrogen-bond donors (Lipinski definition) is 2. The predicted molar refractivity (Wildman–Crippen MR) is 98.3 cm³/mol. The number of benzene rings is 1. The van der Waals surface area contributed by atoms with E-state index in [1.807, 2.05) is 6.92 Å². The van der Waals surface area contributed by atoms with Gasteiger partial charge in [-0.2, -0.15) is 5.10 Å². The van der Waals surface area contributed by atoms with Crippen molar-refractivity contribution in [1.82, 2.24) is 15.1 Å². The minimum absolute atomic E-state index is 0.0152. The summed E-state index contributed by atoms with van der Waals surface area (Å²) in [7, 11) is 0. The van der Waals surface area contributed by atoms with Gasteiger partial charge in [0.05, 0.1) is 16.7 Å². The van der Waals surface area contributed by atoms with Crippen molar-refractivity contribution in [2.45, 2.75) is 44.9 Å². The predicted octanol–water partition coefficient (Wildman–Crippen LogP) is 4.14. The SMILES string of the molecule is C[C@H]1Cc2[nH]nc(C3CCCO3)c2CN1C(=O)Nc1ccc(F)c(Br)c1. The first-order valence-electron chi connectivity index (χ1n) is 8.73. The Morgan fingerprint density at radius 1 is 1.50 bits per heavy atom. The Balaban J connectivity index is 1.53. The van der Waals surface area contributed by atoms with Gasteiger partial charge in [0, 0.05) is 36.0 Å². The molecular weight excluding hydrogens is 403 g/mol. The average molecular weight is 423 g/mol. The highest BCUT2D eigenvalue weighted by atomic mass is 79.9. The van der Waals surface area contributed by atoms with E-state index in [4.69, 9.17) is 4.74 Å².